The largest absolute Gasteiger partial charge is 0.490 e. The van der Waals surface area contributed by atoms with E-state index in [0.717, 1.165) is 41.3 Å². The molecule has 6 heteroatoms. The monoisotopic (exact) mass is 412 g/mol. The first-order valence-corrected chi connectivity index (χ1v) is 10.6. The summed E-state index contributed by atoms with van der Waals surface area (Å²) in [5.41, 5.74) is 2.86. The van der Waals surface area contributed by atoms with Crippen LogP contribution in [0.25, 0.3) is 0 Å². The minimum absolute atomic E-state index is 0.0892. The van der Waals surface area contributed by atoms with Crippen LogP contribution in [0.1, 0.15) is 37.8 Å². The van der Waals surface area contributed by atoms with E-state index in [1.54, 1.807) is 0 Å². The van der Waals surface area contributed by atoms with E-state index < -0.39 is 0 Å². The van der Waals surface area contributed by atoms with Gasteiger partial charge in [0.2, 0.25) is 0 Å². The van der Waals surface area contributed by atoms with Crippen LogP contribution in [-0.2, 0) is 11.2 Å². The van der Waals surface area contributed by atoms with E-state index in [-0.39, 0.29) is 12.5 Å². The van der Waals surface area contributed by atoms with Gasteiger partial charge in [0.25, 0.3) is 5.91 Å². The molecule has 1 saturated heterocycles. The minimum atomic E-state index is -0.204. The number of ether oxygens (including phenoxy) is 2. The number of hydrogen-bond donors (Lipinski definition) is 1. The third-order valence-corrected chi connectivity index (χ3v) is 5.41. The minimum Gasteiger partial charge on any atom is -0.490 e. The molecule has 1 N–H and O–H groups in total. The highest BCUT2D eigenvalue weighted by Crippen LogP contribution is 2.30. The van der Waals surface area contributed by atoms with Crippen molar-refractivity contribution in [3.05, 3.63) is 53.6 Å². The molecule has 1 fully saturated rings. The summed E-state index contributed by atoms with van der Waals surface area (Å²) in [5.74, 6) is 0.942. The Morgan fingerprint density at radius 3 is 2.55 bits per heavy atom. The SMILES string of the molecule is CCOc1cc(C(=S)N2CCCC2)ccc1OCC(=O)Nc1ccccc1CC. The van der Waals surface area contributed by atoms with Crippen molar-refractivity contribution < 1.29 is 14.3 Å². The molecule has 0 radical (unpaired) electrons. The first kappa shape index (κ1) is 21.1. The lowest BCUT2D eigenvalue weighted by atomic mass is 10.1. The number of nitrogens with one attached hydrogen (secondary N) is 1. The highest BCUT2D eigenvalue weighted by molar-refractivity contribution is 7.80. The van der Waals surface area contributed by atoms with E-state index >= 15 is 0 Å². The van der Waals surface area contributed by atoms with Crippen LogP contribution >= 0.6 is 12.2 Å². The summed E-state index contributed by atoms with van der Waals surface area (Å²) < 4.78 is 11.5. The molecule has 0 aliphatic carbocycles. The van der Waals surface area contributed by atoms with Crippen LogP contribution in [0.5, 0.6) is 11.5 Å². The molecule has 0 atom stereocenters. The Balaban J connectivity index is 1.66. The van der Waals surface area contributed by atoms with E-state index in [9.17, 15) is 4.79 Å². The van der Waals surface area contributed by atoms with Crippen molar-refractivity contribution in [1.82, 2.24) is 4.90 Å². The highest BCUT2D eigenvalue weighted by atomic mass is 32.1. The summed E-state index contributed by atoms with van der Waals surface area (Å²) in [6, 6.07) is 13.4. The van der Waals surface area contributed by atoms with Crippen LogP contribution < -0.4 is 14.8 Å². The second kappa shape index (κ2) is 10.3. The Kier molecular flexibility index (Phi) is 7.47. The number of carbonyl (C=O) groups excluding carboxylic acids is 1. The molecule has 1 amide bonds. The van der Waals surface area contributed by atoms with Gasteiger partial charge >= 0.3 is 0 Å². The zero-order valence-electron chi connectivity index (χ0n) is 17.1. The molecule has 2 aromatic carbocycles. The third-order valence-electron chi connectivity index (χ3n) is 4.91. The molecule has 1 heterocycles. The molecular formula is C23H28N2O3S. The summed E-state index contributed by atoms with van der Waals surface area (Å²) in [6.07, 6.45) is 3.20. The molecule has 154 valence electrons. The first-order chi connectivity index (χ1) is 14.1. The molecule has 1 aliphatic heterocycles. The molecule has 29 heavy (non-hydrogen) atoms. The quantitative estimate of drug-likeness (QED) is 0.650. The van der Waals surface area contributed by atoms with Gasteiger partial charge in [-0.15, -0.1) is 0 Å². The molecule has 0 spiro atoms. The molecule has 1 aliphatic rings. The van der Waals surface area contributed by atoms with E-state index in [1.165, 1.54) is 12.8 Å². The highest BCUT2D eigenvalue weighted by Gasteiger charge is 2.18. The molecule has 3 rings (SSSR count). The van der Waals surface area contributed by atoms with Gasteiger partial charge in [-0.2, -0.15) is 0 Å². The maximum atomic E-state index is 12.4. The number of para-hydroxylation sites is 1. The van der Waals surface area contributed by atoms with Gasteiger partial charge in [-0.25, -0.2) is 0 Å². The lowest BCUT2D eigenvalue weighted by molar-refractivity contribution is -0.118. The van der Waals surface area contributed by atoms with Crippen LogP contribution in [-0.4, -0.2) is 42.1 Å². The van der Waals surface area contributed by atoms with Gasteiger partial charge in [0.1, 0.15) is 4.99 Å². The number of hydrogen-bond acceptors (Lipinski definition) is 4. The number of carbonyl (C=O) groups is 1. The zero-order chi connectivity index (χ0) is 20.6. The first-order valence-electron chi connectivity index (χ1n) is 10.2. The summed E-state index contributed by atoms with van der Waals surface area (Å²) in [4.78, 5) is 15.4. The number of thiocarbonyl (C=S) groups is 1. The van der Waals surface area contributed by atoms with Crippen molar-refractivity contribution >= 4 is 28.8 Å². The number of aryl methyl sites for hydroxylation is 1. The number of anilines is 1. The molecule has 0 unspecified atom stereocenters. The van der Waals surface area contributed by atoms with Crippen molar-refractivity contribution in [2.45, 2.75) is 33.1 Å². The summed E-state index contributed by atoms with van der Waals surface area (Å²) in [6.45, 7) is 6.40. The van der Waals surface area contributed by atoms with Gasteiger partial charge in [0, 0.05) is 24.3 Å². The molecule has 5 nitrogen and oxygen atoms in total. The van der Waals surface area contributed by atoms with Crippen LogP contribution in [0, 0.1) is 0 Å². The molecular weight excluding hydrogens is 384 g/mol. The van der Waals surface area contributed by atoms with Crippen molar-refractivity contribution in [2.24, 2.45) is 0 Å². The maximum Gasteiger partial charge on any atom is 0.262 e. The van der Waals surface area contributed by atoms with Crippen molar-refractivity contribution in [3.8, 4) is 11.5 Å². The standard InChI is InChI=1S/C23H28N2O3S/c1-3-17-9-5-6-10-19(17)24-22(26)16-28-20-12-11-18(15-21(20)27-4-2)23(29)25-13-7-8-14-25/h5-6,9-12,15H,3-4,7-8,13-14,16H2,1-2H3,(H,24,26). The number of nitrogens with zero attached hydrogens (tertiary/aromatic N) is 1. The van der Waals surface area contributed by atoms with Gasteiger partial charge in [-0.1, -0.05) is 37.3 Å². The van der Waals surface area contributed by atoms with Crippen LogP contribution in [0.15, 0.2) is 42.5 Å². The fourth-order valence-corrected chi connectivity index (χ4v) is 3.72. The number of benzene rings is 2. The fourth-order valence-electron chi connectivity index (χ4n) is 3.41. The molecule has 0 bridgehead atoms. The van der Waals surface area contributed by atoms with Gasteiger partial charge in [-0.3, -0.25) is 4.79 Å². The van der Waals surface area contributed by atoms with Gasteiger partial charge < -0.3 is 19.7 Å². The summed E-state index contributed by atoms with van der Waals surface area (Å²) >= 11 is 5.64. The van der Waals surface area contributed by atoms with Gasteiger partial charge in [0.15, 0.2) is 18.1 Å². The Morgan fingerprint density at radius 1 is 1.07 bits per heavy atom. The predicted molar refractivity (Wildman–Crippen MR) is 120 cm³/mol. The molecule has 0 saturated carbocycles. The second-order valence-electron chi connectivity index (χ2n) is 6.94. The lowest BCUT2D eigenvalue weighted by Gasteiger charge is -2.20. The lowest BCUT2D eigenvalue weighted by Crippen LogP contribution is -2.26. The number of likely N-dealkylation sites (tertiary alicyclic amines) is 1. The summed E-state index contributed by atoms with van der Waals surface area (Å²) in [7, 11) is 0. The van der Waals surface area contributed by atoms with E-state index in [2.05, 4.69) is 17.1 Å². The van der Waals surface area contributed by atoms with Crippen LogP contribution in [0.2, 0.25) is 0 Å². The van der Waals surface area contributed by atoms with Crippen molar-refractivity contribution in [2.75, 3.05) is 31.6 Å². The van der Waals surface area contributed by atoms with E-state index in [4.69, 9.17) is 21.7 Å². The second-order valence-corrected chi connectivity index (χ2v) is 7.33. The average Bonchev–Trinajstić information content (AvgIpc) is 3.28. The van der Waals surface area contributed by atoms with E-state index in [0.29, 0.717) is 18.1 Å². The molecule has 2 aromatic rings. The Morgan fingerprint density at radius 2 is 1.83 bits per heavy atom. The van der Waals surface area contributed by atoms with Crippen LogP contribution in [0.4, 0.5) is 5.69 Å². The fraction of sp³-hybridized carbons (Fsp3) is 0.391. The normalized spacial score (nSPS) is 13.2. The predicted octanol–water partition coefficient (Wildman–Crippen LogP) is 4.44. The Labute approximate surface area is 178 Å². The van der Waals surface area contributed by atoms with Gasteiger partial charge in [-0.05, 0) is 56.0 Å². The van der Waals surface area contributed by atoms with Crippen LogP contribution in [0.3, 0.4) is 0 Å². The number of rotatable bonds is 8. The average molecular weight is 413 g/mol. The number of amides is 1. The van der Waals surface area contributed by atoms with Gasteiger partial charge in [0.05, 0.1) is 6.61 Å². The maximum absolute atomic E-state index is 12.4. The smallest absolute Gasteiger partial charge is 0.262 e. The van der Waals surface area contributed by atoms with E-state index in [1.807, 2.05) is 49.4 Å². The van der Waals surface area contributed by atoms with Crippen molar-refractivity contribution in [1.29, 1.82) is 0 Å². The van der Waals surface area contributed by atoms with Crippen molar-refractivity contribution in [3.63, 3.8) is 0 Å². The molecule has 0 aromatic heterocycles. The Bertz CT molecular complexity index is 863. The third kappa shape index (κ3) is 5.48. The zero-order valence-corrected chi connectivity index (χ0v) is 17.9. The topological polar surface area (TPSA) is 50.8 Å². The summed E-state index contributed by atoms with van der Waals surface area (Å²) in [5, 5.41) is 2.92. The Hall–Kier alpha value is -2.60.